The summed E-state index contributed by atoms with van der Waals surface area (Å²) in [5.41, 5.74) is 3.38. The summed E-state index contributed by atoms with van der Waals surface area (Å²) in [6, 6.07) is 9.61. The Labute approximate surface area is 156 Å². The fourth-order valence-electron chi connectivity index (χ4n) is 2.69. The van der Waals surface area contributed by atoms with E-state index >= 15 is 0 Å². The van der Waals surface area contributed by atoms with E-state index in [0.29, 0.717) is 5.69 Å². The molecule has 1 aromatic carbocycles. The van der Waals surface area contributed by atoms with Crippen LogP contribution < -0.4 is 4.90 Å². The number of carbonyl (C=O) groups excluding carboxylic acids is 1. The summed E-state index contributed by atoms with van der Waals surface area (Å²) >= 11 is 3.58. The minimum atomic E-state index is -0.419. The van der Waals surface area contributed by atoms with Crippen molar-refractivity contribution >= 4 is 33.6 Å². The largest absolute Gasteiger partial charge is 0.371 e. The van der Waals surface area contributed by atoms with Crippen molar-refractivity contribution in [2.24, 2.45) is 0 Å². The Morgan fingerprint density at radius 3 is 2.48 bits per heavy atom. The second kappa shape index (κ2) is 8.13. The normalized spacial score (nSPS) is 11.3. The number of anilines is 1. The van der Waals surface area contributed by atoms with Crippen LogP contribution >= 0.6 is 15.9 Å². The summed E-state index contributed by atoms with van der Waals surface area (Å²) in [6.45, 7) is 9.63. The summed E-state index contributed by atoms with van der Waals surface area (Å²) in [5.74, 6) is -0.419. The Kier molecular flexibility index (Phi) is 6.16. The number of carbonyl (C=O) groups is 1. The molecule has 0 atom stereocenters. The molecule has 1 aromatic heterocycles. The van der Waals surface area contributed by atoms with Crippen LogP contribution in [0.25, 0.3) is 6.08 Å². The van der Waals surface area contributed by atoms with Gasteiger partial charge in [0.1, 0.15) is 11.6 Å². The molecule has 130 valence electrons. The van der Waals surface area contributed by atoms with Gasteiger partial charge in [0.2, 0.25) is 0 Å². The van der Waals surface area contributed by atoms with Crippen LogP contribution in [-0.2, 0) is 0 Å². The van der Waals surface area contributed by atoms with E-state index in [0.717, 1.165) is 34.5 Å². The van der Waals surface area contributed by atoms with E-state index in [1.54, 1.807) is 13.0 Å². The van der Waals surface area contributed by atoms with Crippen molar-refractivity contribution in [3.8, 4) is 6.07 Å². The number of rotatable bonds is 5. The number of nitriles is 1. The second-order valence-corrected chi connectivity index (χ2v) is 6.55. The summed E-state index contributed by atoms with van der Waals surface area (Å²) in [6.07, 6.45) is 1.59. The third-order valence-electron chi connectivity index (χ3n) is 3.94. The molecule has 1 heterocycles. The third-order valence-corrected chi connectivity index (χ3v) is 4.57. The smallest absolute Gasteiger partial charge is 0.289 e. The highest BCUT2D eigenvalue weighted by atomic mass is 79.9. The lowest BCUT2D eigenvalue weighted by atomic mass is 10.1. The third kappa shape index (κ3) is 4.18. The molecule has 0 radical (unpaired) electrons. The zero-order valence-corrected chi connectivity index (χ0v) is 16.5. The number of hydrogen-bond acceptors (Lipinski definition) is 4. The highest BCUT2D eigenvalue weighted by Crippen LogP contribution is 2.28. The fraction of sp³-hybridized carbons (Fsp3) is 0.316. The molecule has 6 heteroatoms. The van der Waals surface area contributed by atoms with Gasteiger partial charge < -0.3 is 4.90 Å². The van der Waals surface area contributed by atoms with Gasteiger partial charge in [-0.15, -0.1) is 0 Å². The Morgan fingerprint density at radius 2 is 2.00 bits per heavy atom. The summed E-state index contributed by atoms with van der Waals surface area (Å²) in [7, 11) is 0. The van der Waals surface area contributed by atoms with Crippen molar-refractivity contribution in [3.63, 3.8) is 0 Å². The molecule has 5 nitrogen and oxygen atoms in total. The molecule has 0 amide bonds. The number of aromatic nitrogens is 2. The number of benzene rings is 1. The van der Waals surface area contributed by atoms with Crippen LogP contribution in [0, 0.1) is 25.2 Å². The minimum absolute atomic E-state index is 0.0497. The first kappa shape index (κ1) is 18.9. The first-order valence-electron chi connectivity index (χ1n) is 8.15. The maximum absolute atomic E-state index is 12.6. The molecular formula is C19H21BrN4O. The van der Waals surface area contributed by atoms with E-state index in [1.165, 1.54) is 4.68 Å². The van der Waals surface area contributed by atoms with E-state index < -0.39 is 5.91 Å². The van der Waals surface area contributed by atoms with Crippen molar-refractivity contribution in [3.05, 3.63) is 51.3 Å². The SMILES string of the molecule is CCN(CC)c1ccc(/C=C(\C#N)C(=O)n2nc(C)cc2C)cc1Br. The van der Waals surface area contributed by atoms with E-state index in [4.69, 9.17) is 0 Å². The van der Waals surface area contributed by atoms with Gasteiger partial charge in [-0.3, -0.25) is 4.79 Å². The molecule has 25 heavy (non-hydrogen) atoms. The summed E-state index contributed by atoms with van der Waals surface area (Å²) in [4.78, 5) is 14.8. The van der Waals surface area contributed by atoms with Gasteiger partial charge in [-0.2, -0.15) is 10.4 Å². The van der Waals surface area contributed by atoms with E-state index in [9.17, 15) is 10.1 Å². The van der Waals surface area contributed by atoms with Gasteiger partial charge in [0, 0.05) is 23.3 Å². The summed E-state index contributed by atoms with van der Waals surface area (Å²) < 4.78 is 2.20. The van der Waals surface area contributed by atoms with Crippen molar-refractivity contribution in [1.29, 1.82) is 5.26 Å². The quantitative estimate of drug-likeness (QED) is 0.552. The van der Waals surface area contributed by atoms with E-state index in [1.807, 2.05) is 37.3 Å². The molecule has 2 aromatic rings. The number of halogens is 1. The van der Waals surface area contributed by atoms with Crippen LogP contribution in [0.2, 0.25) is 0 Å². The molecule has 2 rings (SSSR count). The maximum atomic E-state index is 12.6. The predicted molar refractivity (Wildman–Crippen MR) is 104 cm³/mol. The Balaban J connectivity index is 2.37. The molecule has 0 unspecified atom stereocenters. The lowest BCUT2D eigenvalue weighted by molar-refractivity contribution is 0.0944. The lowest BCUT2D eigenvalue weighted by Gasteiger charge is -2.22. The lowest BCUT2D eigenvalue weighted by Crippen LogP contribution is -2.22. The van der Waals surface area contributed by atoms with Crippen LogP contribution in [0.15, 0.2) is 34.3 Å². The molecule has 0 aliphatic rings. The number of nitrogens with zero attached hydrogens (tertiary/aromatic N) is 4. The van der Waals surface area contributed by atoms with Crippen molar-refractivity contribution in [1.82, 2.24) is 9.78 Å². The average Bonchev–Trinajstić information content (AvgIpc) is 2.93. The van der Waals surface area contributed by atoms with Gasteiger partial charge in [-0.05, 0) is 73.5 Å². The molecule has 0 aliphatic heterocycles. The molecule has 0 saturated carbocycles. The van der Waals surface area contributed by atoms with Crippen molar-refractivity contribution < 1.29 is 4.79 Å². The second-order valence-electron chi connectivity index (χ2n) is 5.70. The van der Waals surface area contributed by atoms with Crippen molar-refractivity contribution in [2.45, 2.75) is 27.7 Å². The molecule has 0 bridgehead atoms. The zero-order valence-electron chi connectivity index (χ0n) is 14.9. The van der Waals surface area contributed by atoms with Gasteiger partial charge in [0.15, 0.2) is 0 Å². The predicted octanol–water partition coefficient (Wildman–Crippen LogP) is 4.36. The average molecular weight is 401 g/mol. The highest BCUT2D eigenvalue weighted by Gasteiger charge is 2.16. The van der Waals surface area contributed by atoms with Gasteiger partial charge in [-0.1, -0.05) is 6.07 Å². The number of allylic oxidation sites excluding steroid dienone is 1. The van der Waals surface area contributed by atoms with Crippen LogP contribution in [-0.4, -0.2) is 28.8 Å². The first-order valence-corrected chi connectivity index (χ1v) is 8.94. The number of hydrogen-bond donors (Lipinski definition) is 0. The highest BCUT2D eigenvalue weighted by molar-refractivity contribution is 9.10. The molecule has 0 fully saturated rings. The van der Waals surface area contributed by atoms with Gasteiger partial charge >= 0.3 is 0 Å². The molecule has 0 N–H and O–H groups in total. The topological polar surface area (TPSA) is 61.9 Å². The van der Waals surface area contributed by atoms with Gasteiger partial charge in [0.05, 0.1) is 11.4 Å². The molecule has 0 saturated heterocycles. The molecule has 0 spiro atoms. The van der Waals surface area contributed by atoms with Crippen molar-refractivity contribution in [2.75, 3.05) is 18.0 Å². The minimum Gasteiger partial charge on any atom is -0.371 e. The molecular weight excluding hydrogens is 380 g/mol. The molecule has 0 aliphatic carbocycles. The standard InChI is InChI=1S/C19H21BrN4O/c1-5-23(6-2)18-8-7-15(11-17(18)20)10-16(12-21)19(25)24-14(4)9-13(3)22-24/h7-11H,5-6H2,1-4H3/b16-10+. The first-order chi connectivity index (χ1) is 11.9. The van der Waals surface area contributed by atoms with Gasteiger partial charge in [-0.25, -0.2) is 4.68 Å². The van der Waals surface area contributed by atoms with Crippen LogP contribution in [0.5, 0.6) is 0 Å². The van der Waals surface area contributed by atoms with Crippen LogP contribution in [0.3, 0.4) is 0 Å². The van der Waals surface area contributed by atoms with Crippen LogP contribution in [0.4, 0.5) is 5.69 Å². The Bertz CT molecular complexity index is 857. The monoisotopic (exact) mass is 400 g/mol. The Morgan fingerprint density at radius 1 is 1.32 bits per heavy atom. The Hall–Kier alpha value is -2.39. The number of aryl methyl sites for hydroxylation is 2. The maximum Gasteiger partial charge on any atom is 0.289 e. The summed E-state index contributed by atoms with van der Waals surface area (Å²) in [5, 5.41) is 13.6. The zero-order chi connectivity index (χ0) is 18.6. The van der Waals surface area contributed by atoms with Gasteiger partial charge in [0.25, 0.3) is 5.91 Å². The van der Waals surface area contributed by atoms with E-state index in [-0.39, 0.29) is 5.57 Å². The van der Waals surface area contributed by atoms with E-state index in [2.05, 4.69) is 39.8 Å². The fourth-order valence-corrected chi connectivity index (χ4v) is 3.34. The van der Waals surface area contributed by atoms with Crippen LogP contribution in [0.1, 0.15) is 35.6 Å².